The van der Waals surface area contributed by atoms with Crippen LogP contribution in [-0.4, -0.2) is 24.5 Å². The van der Waals surface area contributed by atoms with Gasteiger partial charge in [-0.15, -0.1) is 0 Å². The SMILES string of the molecule is CC[C@@H]1C[C@H](C)CN(CC2CC2)C1. The molecule has 0 N–H and O–H groups in total. The van der Waals surface area contributed by atoms with E-state index in [2.05, 4.69) is 18.7 Å². The summed E-state index contributed by atoms with van der Waals surface area (Å²) in [6, 6.07) is 0. The fourth-order valence-electron chi connectivity index (χ4n) is 2.71. The van der Waals surface area contributed by atoms with Crippen LogP contribution in [0.2, 0.25) is 0 Å². The number of hydrogen-bond donors (Lipinski definition) is 0. The average Bonchev–Trinajstić information content (AvgIpc) is 2.87. The predicted molar refractivity (Wildman–Crippen MR) is 56.7 cm³/mol. The summed E-state index contributed by atoms with van der Waals surface area (Å²) in [6.45, 7) is 8.92. The summed E-state index contributed by atoms with van der Waals surface area (Å²) in [4.78, 5) is 2.72. The van der Waals surface area contributed by atoms with Crippen LogP contribution in [-0.2, 0) is 0 Å². The fraction of sp³-hybridized carbons (Fsp3) is 1.00. The molecular weight excluding hydrogens is 158 g/mol. The molecule has 2 rings (SSSR count). The van der Waals surface area contributed by atoms with Gasteiger partial charge in [0, 0.05) is 19.6 Å². The minimum atomic E-state index is 0.942. The molecule has 0 bridgehead atoms. The Morgan fingerprint density at radius 1 is 1.15 bits per heavy atom. The third kappa shape index (κ3) is 2.70. The minimum absolute atomic E-state index is 0.942. The molecule has 1 saturated heterocycles. The van der Waals surface area contributed by atoms with Crippen molar-refractivity contribution in [3.8, 4) is 0 Å². The van der Waals surface area contributed by atoms with Crippen LogP contribution < -0.4 is 0 Å². The zero-order valence-corrected chi connectivity index (χ0v) is 9.13. The maximum absolute atomic E-state index is 2.72. The van der Waals surface area contributed by atoms with Crippen molar-refractivity contribution in [1.29, 1.82) is 0 Å². The molecular formula is C12H23N. The van der Waals surface area contributed by atoms with Crippen molar-refractivity contribution in [2.45, 2.75) is 39.5 Å². The Bertz CT molecular complexity index is 161. The molecule has 2 fully saturated rings. The second kappa shape index (κ2) is 4.00. The van der Waals surface area contributed by atoms with Crippen molar-refractivity contribution in [3.05, 3.63) is 0 Å². The Balaban J connectivity index is 1.80. The minimum Gasteiger partial charge on any atom is -0.303 e. The van der Waals surface area contributed by atoms with E-state index in [1.807, 2.05) is 0 Å². The first kappa shape index (κ1) is 9.51. The summed E-state index contributed by atoms with van der Waals surface area (Å²) in [6.07, 6.45) is 5.85. The summed E-state index contributed by atoms with van der Waals surface area (Å²) in [5, 5.41) is 0. The monoisotopic (exact) mass is 181 g/mol. The Morgan fingerprint density at radius 3 is 2.54 bits per heavy atom. The molecule has 0 radical (unpaired) electrons. The second-order valence-corrected chi connectivity index (χ2v) is 5.28. The summed E-state index contributed by atoms with van der Waals surface area (Å²) in [5.41, 5.74) is 0. The molecule has 2 aliphatic rings. The van der Waals surface area contributed by atoms with Crippen molar-refractivity contribution >= 4 is 0 Å². The maximum atomic E-state index is 2.72. The quantitative estimate of drug-likeness (QED) is 0.647. The lowest BCUT2D eigenvalue weighted by Crippen LogP contribution is -2.40. The van der Waals surface area contributed by atoms with E-state index in [1.54, 1.807) is 0 Å². The summed E-state index contributed by atoms with van der Waals surface area (Å²) in [5.74, 6) is 3.00. The molecule has 0 aromatic heterocycles. The van der Waals surface area contributed by atoms with E-state index in [9.17, 15) is 0 Å². The molecule has 1 aliphatic carbocycles. The van der Waals surface area contributed by atoms with E-state index in [1.165, 1.54) is 45.3 Å². The third-order valence-corrected chi connectivity index (χ3v) is 3.61. The van der Waals surface area contributed by atoms with Crippen LogP contribution in [0.5, 0.6) is 0 Å². The highest BCUT2D eigenvalue weighted by molar-refractivity contribution is 4.82. The van der Waals surface area contributed by atoms with Gasteiger partial charge in [0.15, 0.2) is 0 Å². The largest absolute Gasteiger partial charge is 0.303 e. The van der Waals surface area contributed by atoms with Crippen molar-refractivity contribution in [2.75, 3.05) is 19.6 Å². The number of hydrogen-bond acceptors (Lipinski definition) is 1. The highest BCUT2D eigenvalue weighted by Crippen LogP contribution is 2.32. The fourth-order valence-corrected chi connectivity index (χ4v) is 2.71. The van der Waals surface area contributed by atoms with E-state index in [-0.39, 0.29) is 0 Å². The second-order valence-electron chi connectivity index (χ2n) is 5.28. The molecule has 1 nitrogen and oxygen atoms in total. The molecule has 1 aliphatic heterocycles. The van der Waals surface area contributed by atoms with Crippen LogP contribution in [0.4, 0.5) is 0 Å². The van der Waals surface area contributed by atoms with Crippen LogP contribution in [0, 0.1) is 17.8 Å². The van der Waals surface area contributed by atoms with Crippen molar-refractivity contribution in [2.24, 2.45) is 17.8 Å². The van der Waals surface area contributed by atoms with Crippen LogP contribution in [0.1, 0.15) is 39.5 Å². The third-order valence-electron chi connectivity index (χ3n) is 3.61. The molecule has 76 valence electrons. The van der Waals surface area contributed by atoms with Gasteiger partial charge in [-0.1, -0.05) is 20.3 Å². The standard InChI is InChI=1S/C12H23N/c1-3-11-6-10(2)7-13(8-11)9-12-4-5-12/h10-12H,3-9H2,1-2H3/t10-,11+/m0/s1. The molecule has 13 heavy (non-hydrogen) atoms. The summed E-state index contributed by atoms with van der Waals surface area (Å²) in [7, 11) is 0. The van der Waals surface area contributed by atoms with Gasteiger partial charge in [-0.3, -0.25) is 0 Å². The first-order valence-electron chi connectivity index (χ1n) is 6.00. The molecule has 1 saturated carbocycles. The van der Waals surface area contributed by atoms with Gasteiger partial charge in [0.05, 0.1) is 0 Å². The lowest BCUT2D eigenvalue weighted by atomic mass is 9.88. The highest BCUT2D eigenvalue weighted by Gasteiger charge is 2.29. The topological polar surface area (TPSA) is 3.24 Å². The molecule has 0 spiro atoms. The summed E-state index contributed by atoms with van der Waals surface area (Å²) < 4.78 is 0. The number of rotatable bonds is 3. The first-order chi connectivity index (χ1) is 6.28. The maximum Gasteiger partial charge on any atom is 0.000989 e. The van der Waals surface area contributed by atoms with Crippen LogP contribution in [0.25, 0.3) is 0 Å². The lowest BCUT2D eigenvalue weighted by Gasteiger charge is -2.36. The van der Waals surface area contributed by atoms with Gasteiger partial charge in [0.2, 0.25) is 0 Å². The van der Waals surface area contributed by atoms with Crippen LogP contribution in [0.3, 0.4) is 0 Å². The highest BCUT2D eigenvalue weighted by atomic mass is 15.1. The Hall–Kier alpha value is -0.0400. The van der Waals surface area contributed by atoms with Crippen molar-refractivity contribution < 1.29 is 0 Å². The number of nitrogens with zero attached hydrogens (tertiary/aromatic N) is 1. The zero-order valence-electron chi connectivity index (χ0n) is 9.13. The number of piperidine rings is 1. The Labute approximate surface area is 82.5 Å². The Morgan fingerprint density at radius 2 is 1.92 bits per heavy atom. The van der Waals surface area contributed by atoms with E-state index < -0.39 is 0 Å². The van der Waals surface area contributed by atoms with E-state index in [4.69, 9.17) is 0 Å². The molecule has 1 heteroatoms. The Kier molecular flexibility index (Phi) is 2.92. The average molecular weight is 181 g/mol. The lowest BCUT2D eigenvalue weighted by molar-refractivity contribution is 0.125. The number of likely N-dealkylation sites (tertiary alicyclic amines) is 1. The molecule has 2 atom stereocenters. The molecule has 0 unspecified atom stereocenters. The summed E-state index contributed by atoms with van der Waals surface area (Å²) >= 11 is 0. The van der Waals surface area contributed by atoms with E-state index in [0.717, 1.165) is 17.8 Å². The smallest absolute Gasteiger partial charge is 0.000989 e. The predicted octanol–water partition coefficient (Wildman–Crippen LogP) is 2.76. The van der Waals surface area contributed by atoms with Gasteiger partial charge in [-0.05, 0) is 37.0 Å². The van der Waals surface area contributed by atoms with Gasteiger partial charge >= 0.3 is 0 Å². The molecule has 0 aromatic rings. The van der Waals surface area contributed by atoms with Crippen LogP contribution >= 0.6 is 0 Å². The zero-order chi connectivity index (χ0) is 9.26. The molecule has 0 aromatic carbocycles. The van der Waals surface area contributed by atoms with Gasteiger partial charge in [0.1, 0.15) is 0 Å². The van der Waals surface area contributed by atoms with Gasteiger partial charge in [-0.25, -0.2) is 0 Å². The van der Waals surface area contributed by atoms with Gasteiger partial charge in [0.25, 0.3) is 0 Å². The van der Waals surface area contributed by atoms with Gasteiger partial charge in [-0.2, -0.15) is 0 Å². The van der Waals surface area contributed by atoms with Crippen molar-refractivity contribution in [3.63, 3.8) is 0 Å². The van der Waals surface area contributed by atoms with Gasteiger partial charge < -0.3 is 4.90 Å². The van der Waals surface area contributed by atoms with Crippen molar-refractivity contribution in [1.82, 2.24) is 4.90 Å². The van der Waals surface area contributed by atoms with E-state index in [0.29, 0.717) is 0 Å². The molecule has 1 heterocycles. The van der Waals surface area contributed by atoms with E-state index >= 15 is 0 Å². The normalized spacial score (nSPS) is 36.5. The first-order valence-corrected chi connectivity index (χ1v) is 6.00. The molecule has 0 amide bonds. The van der Waals surface area contributed by atoms with Crippen LogP contribution in [0.15, 0.2) is 0 Å².